The highest BCUT2D eigenvalue weighted by Gasteiger charge is 2.30. The fourth-order valence-corrected chi connectivity index (χ4v) is 2.92. The van der Waals surface area contributed by atoms with Gasteiger partial charge in [-0.15, -0.1) is 0 Å². The maximum Gasteiger partial charge on any atom is 0.336 e. The zero-order valence-corrected chi connectivity index (χ0v) is 13.4. The van der Waals surface area contributed by atoms with Gasteiger partial charge in [0.1, 0.15) is 5.58 Å². The molecule has 1 saturated carbocycles. The summed E-state index contributed by atoms with van der Waals surface area (Å²) in [4.78, 5) is 13.9. The number of hydrogen-bond donors (Lipinski definition) is 1. The quantitative estimate of drug-likeness (QED) is 0.863. The molecule has 1 fully saturated rings. The molecule has 0 saturated heterocycles. The van der Waals surface area contributed by atoms with Crippen LogP contribution in [-0.4, -0.2) is 29.7 Å². The number of fused-ring (bicyclic) bond motifs is 1. The van der Waals surface area contributed by atoms with E-state index in [0.717, 1.165) is 29.4 Å². The van der Waals surface area contributed by atoms with Gasteiger partial charge in [-0.05, 0) is 68.5 Å². The summed E-state index contributed by atoms with van der Waals surface area (Å²) in [5.41, 5.74) is 3.58. The van der Waals surface area contributed by atoms with Crippen molar-refractivity contribution in [3.63, 3.8) is 0 Å². The first kappa shape index (κ1) is 15.3. The number of hydrogen-bond acceptors (Lipinski definition) is 4. The third kappa shape index (κ3) is 3.23. The van der Waals surface area contributed by atoms with Crippen molar-refractivity contribution < 1.29 is 9.52 Å². The summed E-state index contributed by atoms with van der Waals surface area (Å²) in [6.07, 6.45) is 2.00. The van der Waals surface area contributed by atoms with Crippen LogP contribution in [0.1, 0.15) is 29.5 Å². The second-order valence-corrected chi connectivity index (χ2v) is 6.62. The molecular weight excluding hydrogens is 278 g/mol. The molecule has 0 radical (unpaired) electrons. The Morgan fingerprint density at radius 1 is 1.27 bits per heavy atom. The monoisotopic (exact) mass is 301 g/mol. The van der Waals surface area contributed by atoms with Crippen LogP contribution in [0, 0.1) is 19.8 Å². The van der Waals surface area contributed by atoms with Gasteiger partial charge in [0.2, 0.25) is 0 Å². The van der Waals surface area contributed by atoms with Gasteiger partial charge in [-0.25, -0.2) is 4.79 Å². The standard InChI is InChI=1S/C18H23NO3/c1-11-6-15-14(8-18(21)22-17(15)7-12(11)2)9-19(3)10-16(20)13-4-5-13/h6-8,13,16,20H,4-5,9-10H2,1-3H3. The third-order valence-electron chi connectivity index (χ3n) is 4.55. The average molecular weight is 301 g/mol. The minimum absolute atomic E-state index is 0.264. The van der Waals surface area contributed by atoms with E-state index in [-0.39, 0.29) is 11.7 Å². The lowest BCUT2D eigenvalue weighted by atomic mass is 10.0. The Bertz CT molecular complexity index is 746. The van der Waals surface area contributed by atoms with Crippen LogP contribution in [0.25, 0.3) is 11.0 Å². The summed E-state index contributed by atoms with van der Waals surface area (Å²) < 4.78 is 5.33. The molecule has 0 bridgehead atoms. The number of benzene rings is 1. The highest BCUT2D eigenvalue weighted by molar-refractivity contribution is 5.81. The smallest absolute Gasteiger partial charge is 0.336 e. The van der Waals surface area contributed by atoms with Gasteiger partial charge >= 0.3 is 5.63 Å². The van der Waals surface area contributed by atoms with Crippen molar-refractivity contribution in [3.05, 3.63) is 45.3 Å². The summed E-state index contributed by atoms with van der Waals surface area (Å²) in [7, 11) is 1.98. The molecule has 0 amide bonds. The van der Waals surface area contributed by atoms with Crippen molar-refractivity contribution in [3.8, 4) is 0 Å². The zero-order valence-electron chi connectivity index (χ0n) is 13.4. The number of aliphatic hydroxyl groups is 1. The zero-order chi connectivity index (χ0) is 15.9. The van der Waals surface area contributed by atoms with Gasteiger partial charge in [0.15, 0.2) is 0 Å². The molecule has 22 heavy (non-hydrogen) atoms. The fraction of sp³-hybridized carbons (Fsp3) is 0.500. The van der Waals surface area contributed by atoms with E-state index in [9.17, 15) is 9.90 Å². The van der Waals surface area contributed by atoms with Crippen molar-refractivity contribution in [2.24, 2.45) is 5.92 Å². The molecule has 1 atom stereocenters. The molecule has 1 aromatic heterocycles. The molecule has 3 rings (SSSR count). The van der Waals surface area contributed by atoms with Crippen LogP contribution in [0.3, 0.4) is 0 Å². The van der Waals surface area contributed by atoms with Crippen molar-refractivity contribution in [1.82, 2.24) is 4.90 Å². The predicted molar refractivity (Wildman–Crippen MR) is 87.0 cm³/mol. The lowest BCUT2D eigenvalue weighted by Crippen LogP contribution is -2.30. The molecule has 4 nitrogen and oxygen atoms in total. The third-order valence-corrected chi connectivity index (χ3v) is 4.55. The number of aryl methyl sites for hydroxylation is 2. The molecule has 1 N–H and O–H groups in total. The molecule has 1 unspecified atom stereocenters. The first-order chi connectivity index (χ1) is 10.4. The van der Waals surface area contributed by atoms with E-state index in [4.69, 9.17) is 4.42 Å². The number of nitrogens with zero attached hydrogens (tertiary/aromatic N) is 1. The Labute approximate surface area is 130 Å². The lowest BCUT2D eigenvalue weighted by molar-refractivity contribution is 0.104. The van der Waals surface area contributed by atoms with Gasteiger partial charge in [-0.1, -0.05) is 0 Å². The van der Waals surface area contributed by atoms with E-state index >= 15 is 0 Å². The number of aliphatic hydroxyl groups excluding tert-OH is 1. The van der Waals surface area contributed by atoms with Gasteiger partial charge in [0.25, 0.3) is 0 Å². The summed E-state index contributed by atoms with van der Waals surface area (Å²) in [6, 6.07) is 5.57. The molecular formula is C18H23NO3. The van der Waals surface area contributed by atoms with E-state index < -0.39 is 0 Å². The van der Waals surface area contributed by atoms with E-state index in [2.05, 4.69) is 17.9 Å². The number of likely N-dealkylation sites (N-methyl/N-ethyl adjacent to an activating group) is 1. The van der Waals surface area contributed by atoms with Crippen LogP contribution in [0.5, 0.6) is 0 Å². The largest absolute Gasteiger partial charge is 0.423 e. The maximum atomic E-state index is 11.8. The van der Waals surface area contributed by atoms with Gasteiger partial charge in [-0.3, -0.25) is 4.90 Å². The average Bonchev–Trinajstić information content (AvgIpc) is 3.25. The Morgan fingerprint density at radius 3 is 2.64 bits per heavy atom. The Morgan fingerprint density at radius 2 is 1.95 bits per heavy atom. The van der Waals surface area contributed by atoms with Gasteiger partial charge < -0.3 is 9.52 Å². The van der Waals surface area contributed by atoms with Crippen molar-refractivity contribution in [2.45, 2.75) is 39.3 Å². The first-order valence-corrected chi connectivity index (χ1v) is 7.84. The van der Waals surface area contributed by atoms with Crippen LogP contribution < -0.4 is 5.63 Å². The molecule has 1 aliphatic carbocycles. The van der Waals surface area contributed by atoms with Crippen LogP contribution in [0.15, 0.2) is 27.4 Å². The van der Waals surface area contributed by atoms with Crippen LogP contribution in [-0.2, 0) is 6.54 Å². The van der Waals surface area contributed by atoms with E-state index in [0.29, 0.717) is 24.6 Å². The highest BCUT2D eigenvalue weighted by atomic mass is 16.4. The van der Waals surface area contributed by atoms with Gasteiger partial charge in [0, 0.05) is 24.5 Å². The minimum atomic E-state index is -0.318. The summed E-state index contributed by atoms with van der Waals surface area (Å²) in [5, 5.41) is 11.0. The van der Waals surface area contributed by atoms with E-state index in [1.807, 2.05) is 20.0 Å². The number of rotatable bonds is 5. The van der Waals surface area contributed by atoms with E-state index in [1.54, 1.807) is 6.07 Å². The molecule has 0 aliphatic heterocycles. The first-order valence-electron chi connectivity index (χ1n) is 7.84. The topological polar surface area (TPSA) is 53.7 Å². The SMILES string of the molecule is Cc1cc2oc(=O)cc(CN(C)CC(O)C3CC3)c2cc1C. The normalized spacial score (nSPS) is 16.4. The Kier molecular flexibility index (Phi) is 4.06. The summed E-state index contributed by atoms with van der Waals surface area (Å²) in [5.74, 6) is 0.463. The van der Waals surface area contributed by atoms with Gasteiger partial charge in [0.05, 0.1) is 6.10 Å². The van der Waals surface area contributed by atoms with Crippen LogP contribution >= 0.6 is 0 Å². The molecule has 1 aliphatic rings. The maximum absolute atomic E-state index is 11.8. The molecule has 4 heteroatoms. The molecule has 1 heterocycles. The molecule has 1 aromatic carbocycles. The van der Waals surface area contributed by atoms with Crippen LogP contribution in [0.2, 0.25) is 0 Å². The van der Waals surface area contributed by atoms with Crippen LogP contribution in [0.4, 0.5) is 0 Å². The summed E-state index contributed by atoms with van der Waals surface area (Å²) in [6.45, 7) is 5.34. The summed E-state index contributed by atoms with van der Waals surface area (Å²) >= 11 is 0. The second-order valence-electron chi connectivity index (χ2n) is 6.62. The highest BCUT2D eigenvalue weighted by Crippen LogP contribution is 2.33. The Balaban J connectivity index is 1.88. The second kappa shape index (κ2) is 5.86. The molecule has 2 aromatic rings. The Hall–Kier alpha value is -1.65. The fourth-order valence-electron chi connectivity index (χ4n) is 2.92. The van der Waals surface area contributed by atoms with Gasteiger partial charge in [-0.2, -0.15) is 0 Å². The minimum Gasteiger partial charge on any atom is -0.423 e. The molecule has 0 spiro atoms. The van der Waals surface area contributed by atoms with Crippen molar-refractivity contribution in [1.29, 1.82) is 0 Å². The predicted octanol–water partition coefficient (Wildman–Crippen LogP) is 2.61. The molecule has 118 valence electrons. The van der Waals surface area contributed by atoms with E-state index in [1.165, 1.54) is 5.56 Å². The lowest BCUT2D eigenvalue weighted by Gasteiger charge is -2.21. The van der Waals surface area contributed by atoms with Crippen molar-refractivity contribution >= 4 is 11.0 Å². The van der Waals surface area contributed by atoms with Crippen molar-refractivity contribution in [2.75, 3.05) is 13.6 Å².